The zero-order chi connectivity index (χ0) is 55.4. The number of methoxy groups -OCH3 is 1. The Morgan fingerprint density at radius 1 is 1.09 bits per heavy atom. The molecule has 0 bridgehead atoms. The van der Waals surface area contributed by atoms with E-state index < -0.39 is 162 Å². The normalized spacial score (nSPS) is 27.6. The van der Waals surface area contributed by atoms with Crippen molar-refractivity contribution in [3.63, 3.8) is 0 Å². The first-order valence-corrected chi connectivity index (χ1v) is 16.5. The maximum absolute atomic E-state index is 15.6. The van der Waals surface area contributed by atoms with Crippen LogP contribution in [0.3, 0.4) is 0 Å². The summed E-state index contributed by atoms with van der Waals surface area (Å²) in [5.41, 5.74) is -3.60. The number of rotatable bonds is 12. The molecule has 2 heterocycles. The fraction of sp³-hybridized carbons (Fsp3) is 0.341. The Kier molecular flexibility index (Phi) is 6.50. The summed E-state index contributed by atoms with van der Waals surface area (Å²) >= 11 is 0.387. The first-order valence-electron chi connectivity index (χ1n) is 25.5. The van der Waals surface area contributed by atoms with E-state index in [1.165, 1.54) is 6.92 Å². The van der Waals surface area contributed by atoms with Gasteiger partial charge in [-0.3, -0.25) is 4.79 Å². The lowest BCUT2D eigenvalue weighted by Gasteiger charge is -2.40. The number of aliphatic hydroxyl groups is 1. The van der Waals surface area contributed by atoms with Crippen LogP contribution in [0, 0.1) is 18.6 Å². The zero-order valence-electron chi connectivity index (χ0n) is 47.5. The van der Waals surface area contributed by atoms with E-state index >= 15 is 9.18 Å². The topological polar surface area (TPSA) is 56.3 Å². The number of aliphatic hydroxyl groups excluding tert-OH is 1. The number of piperidine rings is 1. The Labute approximate surface area is 339 Å². The molecule has 2 aliphatic rings. The van der Waals surface area contributed by atoms with Gasteiger partial charge in [-0.2, -0.15) is 13.2 Å². The molecule has 1 fully saturated rings. The number of carbonyl (C=O) groups excluding carboxylic acids is 1. The number of fused-ring (bicyclic) bond motifs is 1. The predicted octanol–water partition coefficient (Wildman–Crippen LogP) is 8.73. The van der Waals surface area contributed by atoms with E-state index in [0.717, 1.165) is 66.7 Å². The molecule has 4 aromatic rings. The van der Waals surface area contributed by atoms with Crippen LogP contribution in [0.15, 0.2) is 95.9 Å². The lowest BCUT2D eigenvalue weighted by molar-refractivity contribution is -0.137. The third kappa shape index (κ3) is 9.29. The summed E-state index contributed by atoms with van der Waals surface area (Å²) in [4.78, 5) is 14.9. The van der Waals surface area contributed by atoms with Crippen LogP contribution < -0.4 is 4.90 Å². The average molecular weight is 772 g/mol. The number of benzene rings is 4. The maximum Gasteiger partial charge on any atom is 0.416 e. The van der Waals surface area contributed by atoms with Crippen molar-refractivity contribution in [3.8, 4) is 11.1 Å². The molecule has 1 amide bonds. The zero-order valence-corrected chi connectivity index (χ0v) is 28.3. The Hall–Kier alpha value is -4.23. The summed E-state index contributed by atoms with van der Waals surface area (Å²) in [7, 11) is -3.45. The average Bonchev–Trinajstić information content (AvgIpc) is 3.27. The molecule has 1 atom stereocenters. The summed E-state index contributed by atoms with van der Waals surface area (Å²) in [6.45, 7) is -18.8. The Morgan fingerprint density at radius 2 is 1.79 bits per heavy atom. The Bertz CT molecular complexity index is 2810. The van der Waals surface area contributed by atoms with Crippen LogP contribution in [-0.4, -0.2) is 66.5 Å². The fourth-order valence-corrected chi connectivity index (χ4v) is 6.12. The Morgan fingerprint density at radius 3 is 2.47 bits per heavy atom. The number of alkyl halides is 3. The fourth-order valence-electron chi connectivity index (χ4n) is 5.10. The third-order valence-electron chi connectivity index (χ3n) is 7.70. The first-order chi connectivity index (χ1) is 33.1. The number of thioether (sulfide) groups is 1. The molecule has 53 heavy (non-hydrogen) atoms. The number of anilines is 1. The lowest BCUT2D eigenvalue weighted by atomic mass is 9.99. The van der Waals surface area contributed by atoms with Crippen molar-refractivity contribution in [1.29, 1.82) is 0 Å². The molecule has 0 aromatic heterocycles. The number of halogens is 5. The Balaban J connectivity index is 1.61. The van der Waals surface area contributed by atoms with Gasteiger partial charge in [-0.05, 0) is 66.7 Å². The number of ether oxygens (including phenoxy) is 1. The van der Waals surface area contributed by atoms with E-state index in [1.54, 1.807) is 0 Å². The third-order valence-corrected chi connectivity index (χ3v) is 8.76. The molecule has 0 radical (unpaired) electrons. The van der Waals surface area contributed by atoms with Crippen molar-refractivity contribution in [2.75, 3.05) is 44.6 Å². The van der Waals surface area contributed by atoms with Crippen molar-refractivity contribution in [2.45, 2.75) is 50.2 Å². The first kappa shape index (κ1) is 20.5. The van der Waals surface area contributed by atoms with E-state index in [2.05, 4.69) is 4.74 Å². The molecular formula is C41H42F5N3O3S. The quantitative estimate of drug-likeness (QED) is 0.146. The van der Waals surface area contributed by atoms with Crippen LogP contribution in [0.5, 0.6) is 0 Å². The molecule has 1 N–H and O–H groups in total. The van der Waals surface area contributed by atoms with Crippen molar-refractivity contribution in [1.82, 2.24) is 9.80 Å². The highest BCUT2D eigenvalue weighted by Crippen LogP contribution is 2.41. The minimum absolute atomic E-state index is 0.0866. The van der Waals surface area contributed by atoms with Crippen LogP contribution in [-0.2, 0) is 28.0 Å². The highest BCUT2D eigenvalue weighted by molar-refractivity contribution is 8.02. The van der Waals surface area contributed by atoms with Gasteiger partial charge in [0.25, 0.3) is 0 Å². The van der Waals surface area contributed by atoms with E-state index in [9.17, 15) is 32.3 Å². The minimum Gasteiger partial charge on any atom is -0.384 e. The van der Waals surface area contributed by atoms with Crippen LogP contribution >= 0.6 is 11.8 Å². The molecule has 1 unspecified atom stereocenters. The summed E-state index contributed by atoms with van der Waals surface area (Å²) in [5.74, 6) is -5.37. The number of carbonyl (C=O) groups is 1. The molecule has 0 spiro atoms. The van der Waals surface area contributed by atoms with Gasteiger partial charge in [-0.25, -0.2) is 8.78 Å². The number of nitrogens with zero attached hydrogens (tertiary/aromatic N) is 3. The second-order valence-electron chi connectivity index (χ2n) is 11.3. The van der Waals surface area contributed by atoms with E-state index in [0.29, 0.717) is 16.7 Å². The van der Waals surface area contributed by atoms with Gasteiger partial charge in [-0.1, -0.05) is 66.2 Å². The maximum atomic E-state index is 15.6. The van der Waals surface area contributed by atoms with Gasteiger partial charge in [0, 0.05) is 75.3 Å². The largest absolute Gasteiger partial charge is 0.416 e. The molecule has 12 heteroatoms. The van der Waals surface area contributed by atoms with Gasteiger partial charge in [0.1, 0.15) is 12.6 Å². The molecule has 0 saturated carbocycles. The molecule has 1 saturated heterocycles. The summed E-state index contributed by atoms with van der Waals surface area (Å²) in [6.07, 6.45) is -16.0. The van der Waals surface area contributed by atoms with Crippen molar-refractivity contribution >= 4 is 23.4 Å². The van der Waals surface area contributed by atoms with Crippen LogP contribution in [0.4, 0.5) is 27.6 Å². The summed E-state index contributed by atoms with van der Waals surface area (Å²) in [6, 6.07) is 2.64. The molecule has 6 nitrogen and oxygen atoms in total. The molecule has 2 aliphatic heterocycles. The molecule has 6 rings (SSSR count). The van der Waals surface area contributed by atoms with E-state index in [1.807, 2.05) is 0 Å². The number of likely N-dealkylation sites (tertiary alicyclic amines) is 1. The smallest absolute Gasteiger partial charge is 0.384 e. The van der Waals surface area contributed by atoms with Gasteiger partial charge in [0.05, 0.1) is 30.9 Å². The molecule has 0 aliphatic carbocycles. The summed E-state index contributed by atoms with van der Waals surface area (Å²) < 4.78 is 251. The van der Waals surface area contributed by atoms with E-state index in [-0.39, 0.29) is 22.3 Å². The van der Waals surface area contributed by atoms with Gasteiger partial charge in [-0.15, -0.1) is 11.8 Å². The molecule has 280 valence electrons. The lowest BCUT2D eigenvalue weighted by Crippen LogP contribution is -2.50. The van der Waals surface area contributed by atoms with Crippen molar-refractivity contribution in [2.24, 2.45) is 0 Å². The van der Waals surface area contributed by atoms with Gasteiger partial charge >= 0.3 is 6.18 Å². The minimum atomic E-state index is -4.73. The summed E-state index contributed by atoms with van der Waals surface area (Å²) in [5, 5.41) is 10.9. The standard InChI is InChI=1S/C41H42F5N3O3S/c1-27-6-15-36-34(22-27)37(50)23-39(53-26-31-4-3-5-35(42)40(31)43)49(36)25-38(51)48(33-16-18-47(19-17-33)20-21-52-2)24-28-7-9-29(10-8-28)30-11-13-32(14-12-30)41(44,45)46/h3-15,22-23,33,37,50H,16-21,24-26H2,1-2H3/i2D3,6D,15D,16D2,17D2,18D2,19D2,20D2,22D,23D,24D2,33D. The number of hydrogen-bond donors (Lipinski definition) is 1. The van der Waals surface area contributed by atoms with Gasteiger partial charge in [0.15, 0.2) is 11.6 Å². The van der Waals surface area contributed by atoms with Crippen molar-refractivity contribution < 1.29 is 64.0 Å². The van der Waals surface area contributed by atoms with Gasteiger partial charge < -0.3 is 24.5 Å². The highest BCUT2D eigenvalue weighted by atomic mass is 32.2. The monoisotopic (exact) mass is 771 g/mol. The van der Waals surface area contributed by atoms with Crippen LogP contribution in [0.1, 0.15) is 74.1 Å². The second-order valence-corrected chi connectivity index (χ2v) is 12.3. The second kappa shape index (κ2) is 16.8. The highest BCUT2D eigenvalue weighted by Gasteiger charge is 2.33. The predicted molar refractivity (Wildman–Crippen MR) is 198 cm³/mol. The van der Waals surface area contributed by atoms with Gasteiger partial charge in [0.2, 0.25) is 5.91 Å². The van der Waals surface area contributed by atoms with Crippen LogP contribution in [0.25, 0.3) is 11.1 Å². The number of amides is 1. The SMILES string of the molecule is [2H]C1=C(SCc2cccc(F)c2F)N(CC(=O)N(C([2H])([2H])c2ccc(-c3ccc(C(F)(F)F)cc3)cc2)C2([2H])C([2H])([2H])C([2H])([2H])N(C([2H])([2H])COC([2H])([2H])[2H])C([2H])([2H])C2([2H])[2H])c2c([2H])c([2H])c(C)c([2H])c2C1O. The van der Waals surface area contributed by atoms with E-state index in [4.69, 9.17) is 17.8 Å². The van der Waals surface area contributed by atoms with Crippen LogP contribution in [0.2, 0.25) is 0 Å². The molecular weight excluding hydrogens is 710 g/mol. The number of hydrogen-bond acceptors (Lipinski definition) is 6. The molecule has 4 aromatic carbocycles. The van der Waals surface area contributed by atoms with Crippen molar-refractivity contribution in [3.05, 3.63) is 135 Å².